The summed E-state index contributed by atoms with van der Waals surface area (Å²) < 4.78 is 0.838. The van der Waals surface area contributed by atoms with Gasteiger partial charge in [0.1, 0.15) is 0 Å². The van der Waals surface area contributed by atoms with E-state index in [1.807, 2.05) is 18.2 Å². The van der Waals surface area contributed by atoms with Crippen molar-refractivity contribution in [3.63, 3.8) is 0 Å². The van der Waals surface area contributed by atoms with E-state index in [0.29, 0.717) is 10.7 Å². The van der Waals surface area contributed by atoms with Gasteiger partial charge in [0.15, 0.2) is 0 Å². The number of carbonyl (C=O) groups is 1. The Kier molecular flexibility index (Phi) is 3.93. The van der Waals surface area contributed by atoms with Crippen LogP contribution in [0.2, 0.25) is 5.02 Å². The van der Waals surface area contributed by atoms with Crippen LogP contribution in [0, 0.1) is 0 Å². The van der Waals surface area contributed by atoms with Crippen LogP contribution in [0.1, 0.15) is 12.6 Å². The van der Waals surface area contributed by atoms with Crippen LogP contribution in [0.15, 0.2) is 33.9 Å². The lowest BCUT2D eigenvalue weighted by molar-refractivity contribution is -0.140. The molecule has 6 heteroatoms. The van der Waals surface area contributed by atoms with E-state index < -0.39 is 5.97 Å². The van der Waals surface area contributed by atoms with E-state index in [1.165, 1.54) is 13.1 Å². The van der Waals surface area contributed by atoms with Crippen molar-refractivity contribution in [1.29, 1.82) is 0 Å². The fraction of sp³-hybridized carbons (Fsp3) is 0.0833. The second kappa shape index (κ2) is 5.46. The highest BCUT2D eigenvalue weighted by atomic mass is 79.9. The normalized spacial score (nSPS) is 11.1. The molecule has 0 saturated heterocycles. The van der Waals surface area contributed by atoms with Crippen molar-refractivity contribution < 1.29 is 9.63 Å². The molecule has 0 bridgehead atoms. The molecule has 0 fully saturated rings. The summed E-state index contributed by atoms with van der Waals surface area (Å²) in [7, 11) is 0. The predicted octanol–water partition coefficient (Wildman–Crippen LogP) is 3.55. The summed E-state index contributed by atoms with van der Waals surface area (Å²) in [5.74, 6) is -0.487. The van der Waals surface area contributed by atoms with Crippen LogP contribution in [0.3, 0.4) is 0 Å². The summed E-state index contributed by atoms with van der Waals surface area (Å²) in [5.41, 5.74) is 1.25. The van der Waals surface area contributed by atoms with E-state index >= 15 is 0 Å². The number of aromatic nitrogens is 1. The van der Waals surface area contributed by atoms with Crippen LogP contribution >= 0.6 is 27.5 Å². The van der Waals surface area contributed by atoms with Crippen molar-refractivity contribution in [3.05, 3.63) is 39.5 Å². The van der Waals surface area contributed by atoms with Crippen molar-refractivity contribution in [3.8, 4) is 0 Å². The number of fused-ring (bicyclic) bond motifs is 1. The molecule has 92 valence electrons. The molecule has 0 unspecified atom stereocenters. The molecule has 0 aliphatic rings. The van der Waals surface area contributed by atoms with Crippen molar-refractivity contribution in [2.45, 2.75) is 6.92 Å². The smallest absolute Gasteiger partial charge is 0.319 e. The highest BCUT2D eigenvalue weighted by Gasteiger charge is 2.05. The Balaban J connectivity index is 2.45. The number of oxime groups is 1. The first kappa shape index (κ1) is 13.0. The van der Waals surface area contributed by atoms with E-state index in [2.05, 4.69) is 30.9 Å². The van der Waals surface area contributed by atoms with Crippen molar-refractivity contribution in [2.75, 3.05) is 0 Å². The number of halogens is 2. The molecule has 2 rings (SSSR count). The predicted molar refractivity (Wildman–Crippen MR) is 73.8 cm³/mol. The van der Waals surface area contributed by atoms with Gasteiger partial charge in [-0.3, -0.25) is 0 Å². The average molecular weight is 328 g/mol. The molecule has 0 aliphatic carbocycles. The van der Waals surface area contributed by atoms with Crippen LogP contribution in [0.25, 0.3) is 10.9 Å². The van der Waals surface area contributed by atoms with Crippen LogP contribution in [-0.4, -0.2) is 17.2 Å². The molecule has 1 aromatic heterocycles. The number of rotatable bonds is 2. The zero-order chi connectivity index (χ0) is 13.1. The zero-order valence-electron chi connectivity index (χ0n) is 9.35. The van der Waals surface area contributed by atoms with E-state index in [9.17, 15) is 4.79 Å². The molecule has 0 atom stereocenters. The molecule has 0 spiro atoms. The number of hydrogen-bond acceptors (Lipinski definition) is 4. The van der Waals surface area contributed by atoms with Gasteiger partial charge in [-0.2, -0.15) is 0 Å². The Bertz CT molecular complexity index is 643. The standard InChI is InChI=1S/C12H8BrClN2O2/c1-7(17)18-15-6-8-5-11(14)9-3-2-4-10(13)12(9)16-8/h2-6H,1H3/b15-6-. The monoisotopic (exact) mass is 326 g/mol. The van der Waals surface area contributed by atoms with Gasteiger partial charge in [0.05, 0.1) is 22.4 Å². The number of pyridine rings is 1. The Labute approximate surface area is 117 Å². The summed E-state index contributed by atoms with van der Waals surface area (Å²) in [4.78, 5) is 19.4. The van der Waals surface area contributed by atoms with Crippen molar-refractivity contribution >= 4 is 50.6 Å². The molecule has 1 heterocycles. The van der Waals surface area contributed by atoms with E-state index in [-0.39, 0.29) is 0 Å². The molecular weight excluding hydrogens is 320 g/mol. The zero-order valence-corrected chi connectivity index (χ0v) is 11.7. The van der Waals surface area contributed by atoms with Gasteiger partial charge in [0.25, 0.3) is 0 Å². The van der Waals surface area contributed by atoms with Gasteiger partial charge in [0, 0.05) is 16.8 Å². The minimum atomic E-state index is -0.487. The van der Waals surface area contributed by atoms with Gasteiger partial charge in [-0.1, -0.05) is 28.9 Å². The molecule has 0 saturated carbocycles. The Hall–Kier alpha value is -1.46. The van der Waals surface area contributed by atoms with Crippen LogP contribution < -0.4 is 0 Å². The molecule has 1 aromatic carbocycles. The molecule has 18 heavy (non-hydrogen) atoms. The lowest BCUT2D eigenvalue weighted by atomic mass is 10.2. The van der Waals surface area contributed by atoms with E-state index in [0.717, 1.165) is 15.4 Å². The molecule has 0 radical (unpaired) electrons. The third kappa shape index (κ3) is 2.86. The summed E-state index contributed by atoms with van der Waals surface area (Å²) in [6.07, 6.45) is 1.34. The Morgan fingerprint density at radius 2 is 2.33 bits per heavy atom. The number of para-hydroxylation sites is 1. The third-order valence-electron chi connectivity index (χ3n) is 2.13. The summed E-state index contributed by atoms with van der Waals surface area (Å²) in [6.45, 7) is 1.27. The van der Waals surface area contributed by atoms with E-state index in [4.69, 9.17) is 11.6 Å². The molecular formula is C12H8BrClN2O2. The van der Waals surface area contributed by atoms with Gasteiger partial charge in [-0.25, -0.2) is 9.78 Å². The summed E-state index contributed by atoms with van der Waals surface area (Å²) in [6, 6.07) is 7.29. The molecule has 0 N–H and O–H groups in total. The second-order valence-electron chi connectivity index (χ2n) is 3.48. The first-order valence-electron chi connectivity index (χ1n) is 5.03. The van der Waals surface area contributed by atoms with Crippen molar-refractivity contribution in [1.82, 2.24) is 4.98 Å². The summed E-state index contributed by atoms with van der Waals surface area (Å²) >= 11 is 9.55. The number of carbonyl (C=O) groups excluding carboxylic acids is 1. The maximum absolute atomic E-state index is 10.6. The van der Waals surface area contributed by atoms with Gasteiger partial charge < -0.3 is 4.84 Å². The van der Waals surface area contributed by atoms with Gasteiger partial charge in [-0.15, -0.1) is 0 Å². The maximum Gasteiger partial charge on any atom is 0.331 e. The SMILES string of the molecule is CC(=O)O/N=C\c1cc(Cl)c2cccc(Br)c2n1. The molecule has 0 amide bonds. The highest BCUT2D eigenvalue weighted by molar-refractivity contribution is 9.10. The van der Waals surface area contributed by atoms with Gasteiger partial charge >= 0.3 is 5.97 Å². The second-order valence-corrected chi connectivity index (χ2v) is 4.74. The van der Waals surface area contributed by atoms with Gasteiger partial charge in [-0.05, 0) is 28.1 Å². The maximum atomic E-state index is 10.6. The number of nitrogens with zero attached hydrogens (tertiary/aromatic N) is 2. The minimum absolute atomic E-state index is 0.487. The van der Waals surface area contributed by atoms with Gasteiger partial charge in [0.2, 0.25) is 0 Å². The topological polar surface area (TPSA) is 51.5 Å². The lowest BCUT2D eigenvalue weighted by Crippen LogP contribution is -1.94. The first-order chi connectivity index (χ1) is 8.58. The minimum Gasteiger partial charge on any atom is -0.319 e. The van der Waals surface area contributed by atoms with Crippen LogP contribution in [0.5, 0.6) is 0 Å². The Morgan fingerprint density at radius 1 is 1.56 bits per heavy atom. The lowest BCUT2D eigenvalue weighted by Gasteiger charge is -2.03. The fourth-order valence-electron chi connectivity index (χ4n) is 1.41. The van der Waals surface area contributed by atoms with Crippen molar-refractivity contribution in [2.24, 2.45) is 5.16 Å². The fourth-order valence-corrected chi connectivity index (χ4v) is 2.13. The number of benzene rings is 1. The first-order valence-corrected chi connectivity index (χ1v) is 6.21. The average Bonchev–Trinajstić information content (AvgIpc) is 2.30. The largest absolute Gasteiger partial charge is 0.331 e. The third-order valence-corrected chi connectivity index (χ3v) is 3.08. The highest BCUT2D eigenvalue weighted by Crippen LogP contribution is 2.27. The molecule has 0 aliphatic heterocycles. The van der Waals surface area contributed by atoms with E-state index in [1.54, 1.807) is 6.07 Å². The quantitative estimate of drug-likeness (QED) is 0.481. The Morgan fingerprint density at radius 3 is 3.06 bits per heavy atom. The number of hydrogen-bond donors (Lipinski definition) is 0. The molecule has 4 nitrogen and oxygen atoms in total. The summed E-state index contributed by atoms with van der Waals surface area (Å²) in [5, 5.41) is 4.91. The van der Waals surface area contributed by atoms with Crippen LogP contribution in [-0.2, 0) is 9.63 Å². The van der Waals surface area contributed by atoms with Crippen LogP contribution in [0.4, 0.5) is 0 Å². The molecule has 2 aromatic rings.